The molecule has 0 radical (unpaired) electrons. The van der Waals surface area contributed by atoms with Crippen LogP contribution in [0.3, 0.4) is 0 Å². The Morgan fingerprint density at radius 1 is 1.07 bits per heavy atom. The Balaban J connectivity index is 1.28. The zero-order valence-electron chi connectivity index (χ0n) is 15.8. The largest absolute Gasteiger partial charge is 0.352 e. The third-order valence-electron chi connectivity index (χ3n) is 5.32. The molecule has 0 spiro atoms. The Kier molecular flexibility index (Phi) is 5.34. The number of hydrogen-bond acceptors (Lipinski definition) is 5. The number of aryl methyl sites for hydroxylation is 2. The van der Waals surface area contributed by atoms with Crippen molar-refractivity contribution in [3.8, 4) is 0 Å². The summed E-state index contributed by atoms with van der Waals surface area (Å²) in [4.78, 5) is 12.3. The molecule has 0 bridgehead atoms. The second-order valence-corrected chi connectivity index (χ2v) is 9.30. The number of carbonyl (C=O) groups excluding carboxylic acids is 1. The molecule has 1 saturated heterocycles. The topological polar surface area (TPSA) is 97.2 Å². The van der Waals surface area contributed by atoms with E-state index in [1.54, 1.807) is 24.3 Å². The molecular weight excluding hydrogens is 378 g/mol. The van der Waals surface area contributed by atoms with Crippen LogP contribution in [0.15, 0.2) is 24.3 Å². The maximum absolute atomic E-state index is 12.3. The number of aromatic nitrogens is 3. The minimum absolute atomic E-state index is 0.154. The Labute approximate surface area is 165 Å². The normalized spacial score (nSPS) is 18.1. The SMILES string of the molecule is O=C(NCCCc1nnc2n1CCCC2)c1ccc(N2CCCS2(=O)=O)cc1. The number of fused-ring (bicyclic) bond motifs is 1. The van der Waals surface area contributed by atoms with Gasteiger partial charge in [-0.2, -0.15) is 0 Å². The maximum Gasteiger partial charge on any atom is 0.251 e. The van der Waals surface area contributed by atoms with Gasteiger partial charge in [0.15, 0.2) is 0 Å². The van der Waals surface area contributed by atoms with Crippen molar-refractivity contribution < 1.29 is 13.2 Å². The van der Waals surface area contributed by atoms with Crippen LogP contribution in [0.2, 0.25) is 0 Å². The smallest absolute Gasteiger partial charge is 0.251 e. The van der Waals surface area contributed by atoms with Crippen LogP contribution in [0, 0.1) is 0 Å². The molecule has 9 heteroatoms. The molecule has 1 amide bonds. The van der Waals surface area contributed by atoms with Gasteiger partial charge in [-0.1, -0.05) is 0 Å². The Morgan fingerprint density at radius 3 is 2.64 bits per heavy atom. The molecule has 1 aromatic heterocycles. The minimum atomic E-state index is -3.20. The van der Waals surface area contributed by atoms with Crippen molar-refractivity contribution >= 4 is 21.6 Å². The first-order valence-electron chi connectivity index (χ1n) is 9.84. The summed E-state index contributed by atoms with van der Waals surface area (Å²) in [6, 6.07) is 6.74. The maximum atomic E-state index is 12.3. The van der Waals surface area contributed by atoms with Crippen molar-refractivity contribution in [1.82, 2.24) is 20.1 Å². The zero-order chi connectivity index (χ0) is 19.6. The van der Waals surface area contributed by atoms with Crippen molar-refractivity contribution in [3.63, 3.8) is 0 Å². The van der Waals surface area contributed by atoms with Crippen molar-refractivity contribution in [3.05, 3.63) is 41.5 Å². The predicted octanol–water partition coefficient (Wildman–Crippen LogP) is 1.52. The van der Waals surface area contributed by atoms with Crippen LogP contribution in [0.1, 0.15) is 47.7 Å². The highest BCUT2D eigenvalue weighted by atomic mass is 32.2. The molecule has 0 atom stereocenters. The highest BCUT2D eigenvalue weighted by molar-refractivity contribution is 7.93. The molecule has 2 aromatic rings. The number of anilines is 1. The van der Waals surface area contributed by atoms with E-state index >= 15 is 0 Å². The fourth-order valence-electron chi connectivity index (χ4n) is 3.81. The van der Waals surface area contributed by atoms with E-state index in [-0.39, 0.29) is 11.7 Å². The van der Waals surface area contributed by atoms with Gasteiger partial charge in [-0.25, -0.2) is 8.42 Å². The van der Waals surface area contributed by atoms with Gasteiger partial charge in [0, 0.05) is 38.0 Å². The molecule has 0 unspecified atom stereocenters. The van der Waals surface area contributed by atoms with Crippen molar-refractivity contribution in [2.75, 3.05) is 23.1 Å². The predicted molar refractivity (Wildman–Crippen MR) is 106 cm³/mol. The summed E-state index contributed by atoms with van der Waals surface area (Å²) in [6.45, 7) is 2.05. The fraction of sp³-hybridized carbons (Fsp3) is 0.526. The van der Waals surface area contributed by atoms with Gasteiger partial charge in [0.05, 0.1) is 11.4 Å². The fourth-order valence-corrected chi connectivity index (χ4v) is 5.38. The number of nitrogens with one attached hydrogen (secondary N) is 1. The lowest BCUT2D eigenvalue weighted by Gasteiger charge is -2.17. The standard InChI is InChI=1S/C19H25N5O3S/c25-19(15-7-9-16(10-8-15)24-13-4-14-28(24,26)27)20-11-3-6-18-22-21-17-5-1-2-12-23(17)18/h7-10H,1-6,11-14H2,(H,20,25). The number of sulfonamides is 1. The van der Waals surface area contributed by atoms with E-state index in [1.807, 2.05) is 0 Å². The van der Waals surface area contributed by atoms with Crippen molar-refractivity contribution in [2.24, 2.45) is 0 Å². The lowest BCUT2D eigenvalue weighted by molar-refractivity contribution is 0.0953. The molecule has 0 saturated carbocycles. The third kappa shape index (κ3) is 3.89. The summed E-state index contributed by atoms with van der Waals surface area (Å²) in [5, 5.41) is 11.4. The van der Waals surface area contributed by atoms with Gasteiger partial charge in [-0.15, -0.1) is 10.2 Å². The molecule has 3 heterocycles. The number of benzene rings is 1. The summed E-state index contributed by atoms with van der Waals surface area (Å²) in [5.74, 6) is 2.11. The van der Waals surface area contributed by atoms with Crippen LogP contribution < -0.4 is 9.62 Å². The van der Waals surface area contributed by atoms with Gasteiger partial charge in [0.25, 0.3) is 5.91 Å². The van der Waals surface area contributed by atoms with Crippen LogP contribution >= 0.6 is 0 Å². The monoisotopic (exact) mass is 403 g/mol. The number of rotatable bonds is 6. The van der Waals surface area contributed by atoms with Crippen LogP contribution in [-0.4, -0.2) is 47.9 Å². The first kappa shape index (κ1) is 18.9. The van der Waals surface area contributed by atoms with E-state index in [0.29, 0.717) is 30.8 Å². The van der Waals surface area contributed by atoms with Gasteiger partial charge < -0.3 is 9.88 Å². The first-order valence-corrected chi connectivity index (χ1v) is 11.5. The van der Waals surface area contributed by atoms with Crippen LogP contribution in [0.4, 0.5) is 5.69 Å². The molecule has 150 valence electrons. The van der Waals surface area contributed by atoms with E-state index < -0.39 is 10.0 Å². The van der Waals surface area contributed by atoms with E-state index in [9.17, 15) is 13.2 Å². The van der Waals surface area contributed by atoms with E-state index in [1.165, 1.54) is 17.1 Å². The highest BCUT2D eigenvalue weighted by Gasteiger charge is 2.28. The first-order chi connectivity index (χ1) is 13.5. The number of nitrogens with zero attached hydrogens (tertiary/aromatic N) is 4. The van der Waals surface area contributed by atoms with Gasteiger partial charge in [-0.05, 0) is 49.9 Å². The highest BCUT2D eigenvalue weighted by Crippen LogP contribution is 2.24. The van der Waals surface area contributed by atoms with Gasteiger partial charge in [-0.3, -0.25) is 9.10 Å². The quantitative estimate of drug-likeness (QED) is 0.738. The summed E-state index contributed by atoms with van der Waals surface area (Å²) in [6.07, 6.45) is 5.57. The molecule has 0 aliphatic carbocycles. The Morgan fingerprint density at radius 2 is 1.89 bits per heavy atom. The third-order valence-corrected chi connectivity index (χ3v) is 7.19. The Hall–Kier alpha value is -2.42. The molecule has 1 N–H and O–H groups in total. The van der Waals surface area contributed by atoms with Crippen LogP contribution in [0.5, 0.6) is 0 Å². The van der Waals surface area contributed by atoms with Crippen molar-refractivity contribution in [2.45, 2.75) is 45.1 Å². The molecular formula is C19H25N5O3S. The van der Waals surface area contributed by atoms with E-state index in [0.717, 1.165) is 37.5 Å². The molecule has 28 heavy (non-hydrogen) atoms. The van der Waals surface area contributed by atoms with Gasteiger partial charge in [0.1, 0.15) is 11.6 Å². The Bertz CT molecular complexity index is 952. The van der Waals surface area contributed by atoms with E-state index in [4.69, 9.17) is 0 Å². The number of carbonyl (C=O) groups is 1. The number of amides is 1. The average Bonchev–Trinajstić information content (AvgIpc) is 3.28. The number of hydrogen-bond donors (Lipinski definition) is 1. The zero-order valence-corrected chi connectivity index (χ0v) is 16.6. The second-order valence-electron chi connectivity index (χ2n) is 7.29. The van der Waals surface area contributed by atoms with Crippen LogP contribution in [0.25, 0.3) is 0 Å². The van der Waals surface area contributed by atoms with Gasteiger partial charge >= 0.3 is 0 Å². The molecule has 4 rings (SSSR count). The van der Waals surface area contributed by atoms with Crippen molar-refractivity contribution in [1.29, 1.82) is 0 Å². The lowest BCUT2D eigenvalue weighted by atomic mass is 10.1. The molecule has 1 aromatic carbocycles. The second kappa shape index (κ2) is 7.90. The van der Waals surface area contributed by atoms with Gasteiger partial charge in [0.2, 0.25) is 10.0 Å². The van der Waals surface area contributed by atoms with Crippen LogP contribution in [-0.2, 0) is 29.4 Å². The lowest BCUT2D eigenvalue weighted by Crippen LogP contribution is -2.26. The molecule has 2 aliphatic rings. The summed E-state index contributed by atoms with van der Waals surface area (Å²) in [5.41, 5.74) is 1.14. The summed E-state index contributed by atoms with van der Waals surface area (Å²) < 4.78 is 27.6. The van der Waals surface area contributed by atoms with E-state index in [2.05, 4.69) is 20.1 Å². The molecule has 8 nitrogen and oxygen atoms in total. The molecule has 2 aliphatic heterocycles. The minimum Gasteiger partial charge on any atom is -0.352 e. The average molecular weight is 404 g/mol. The summed E-state index contributed by atoms with van der Waals surface area (Å²) >= 11 is 0. The molecule has 1 fully saturated rings. The summed E-state index contributed by atoms with van der Waals surface area (Å²) in [7, 11) is -3.20.